The number of benzene rings is 4. The largest absolute Gasteiger partial charge is 0.468 e. The molecule has 0 radical (unpaired) electrons. The highest BCUT2D eigenvalue weighted by atomic mass is 35.5. The number of carbonyl (C=O) groups is 2. The van der Waals surface area contributed by atoms with E-state index in [1.165, 1.54) is 29.6 Å². The highest BCUT2D eigenvalue weighted by Gasteiger charge is 2.22. The average Bonchev–Trinajstić information content (AvgIpc) is 2.93. The first-order chi connectivity index (χ1) is 18.3. The maximum atomic E-state index is 13.5. The smallest absolute Gasteiger partial charge is 0.326 e. The van der Waals surface area contributed by atoms with Gasteiger partial charge in [0.2, 0.25) is 0 Å². The van der Waals surface area contributed by atoms with E-state index >= 15 is 0 Å². The van der Waals surface area contributed by atoms with Crippen molar-refractivity contribution >= 4 is 62.5 Å². The fraction of sp³-hybridized carbons (Fsp3) is 0.143. The summed E-state index contributed by atoms with van der Waals surface area (Å²) in [6, 6.07) is 22.9. The number of hydrogen-bond acceptors (Lipinski definition) is 5. The highest BCUT2D eigenvalue weighted by Crippen LogP contribution is 2.29. The molecule has 0 saturated heterocycles. The normalized spacial score (nSPS) is 11.7. The van der Waals surface area contributed by atoms with Crippen LogP contribution in [0.1, 0.15) is 21.5 Å². The first-order valence-corrected chi connectivity index (χ1v) is 13.5. The summed E-state index contributed by atoms with van der Waals surface area (Å²) in [7, 11) is -0.561. The Kier molecular flexibility index (Phi) is 9.01. The molecule has 3 N–H and O–H groups in total. The number of nitrogens with two attached hydrogens (primary N) is 1. The Bertz CT molecular complexity index is 1490. The van der Waals surface area contributed by atoms with Crippen LogP contribution in [-0.2, 0) is 33.6 Å². The molecule has 1 amide bonds. The molecule has 0 aliphatic heterocycles. The molecule has 1 atom stereocenters. The van der Waals surface area contributed by atoms with E-state index in [1.54, 1.807) is 30.3 Å². The SMILES string of the molecule is COC(=O)CN(c1ccc2c(C(=O)NCc3ccc(CN)cc3)cccc2c1)S(=O)c1cc(Cl)cc(Cl)c1. The number of amides is 1. The summed E-state index contributed by atoms with van der Waals surface area (Å²) in [6.07, 6.45) is 0. The van der Waals surface area contributed by atoms with Gasteiger partial charge in [-0.15, -0.1) is 0 Å². The Morgan fingerprint density at radius 3 is 2.29 bits per heavy atom. The van der Waals surface area contributed by atoms with Crippen LogP contribution in [0.5, 0.6) is 0 Å². The molecule has 4 aromatic rings. The number of fused-ring (bicyclic) bond motifs is 1. The maximum Gasteiger partial charge on any atom is 0.326 e. The number of nitrogens with zero attached hydrogens (tertiary/aromatic N) is 1. The van der Waals surface area contributed by atoms with E-state index in [9.17, 15) is 13.8 Å². The third-order valence-electron chi connectivity index (χ3n) is 5.85. The summed E-state index contributed by atoms with van der Waals surface area (Å²) in [6.45, 7) is 0.552. The van der Waals surface area contributed by atoms with Crippen LogP contribution in [0.15, 0.2) is 83.8 Å². The first-order valence-electron chi connectivity index (χ1n) is 11.6. The van der Waals surface area contributed by atoms with Crippen molar-refractivity contribution in [2.45, 2.75) is 18.0 Å². The summed E-state index contributed by atoms with van der Waals surface area (Å²) in [5.41, 5.74) is 8.61. The molecular formula is C28H25Cl2N3O4S. The Hall–Kier alpha value is -3.43. The standard InChI is InChI=1S/C28H25Cl2N3O4S/c1-37-27(34)17-33(38(36)24-13-21(29)12-22(30)14-24)23-9-10-25-20(11-23)3-2-4-26(25)28(35)32-16-19-7-5-18(15-31)6-8-19/h2-14H,15-17,31H2,1H3,(H,32,35). The van der Waals surface area contributed by atoms with Crippen LogP contribution < -0.4 is 15.4 Å². The van der Waals surface area contributed by atoms with E-state index in [2.05, 4.69) is 5.32 Å². The highest BCUT2D eigenvalue weighted by molar-refractivity contribution is 7.86. The predicted molar refractivity (Wildman–Crippen MR) is 152 cm³/mol. The minimum atomic E-state index is -1.82. The lowest BCUT2D eigenvalue weighted by Crippen LogP contribution is -2.32. The number of anilines is 1. The molecule has 0 aliphatic rings. The number of halogens is 2. The second kappa shape index (κ2) is 12.4. The van der Waals surface area contributed by atoms with Crippen molar-refractivity contribution in [2.24, 2.45) is 5.73 Å². The number of methoxy groups -OCH3 is 1. The van der Waals surface area contributed by atoms with Crippen molar-refractivity contribution in [2.75, 3.05) is 18.0 Å². The van der Waals surface area contributed by atoms with Gasteiger partial charge in [-0.25, -0.2) is 4.21 Å². The molecule has 0 saturated carbocycles. The van der Waals surface area contributed by atoms with E-state index in [-0.39, 0.29) is 12.5 Å². The second-order valence-corrected chi connectivity index (χ2v) is 10.7. The molecular weight excluding hydrogens is 545 g/mol. The van der Waals surface area contributed by atoms with Crippen molar-refractivity contribution in [3.63, 3.8) is 0 Å². The number of carbonyl (C=O) groups excluding carboxylic acids is 2. The second-order valence-electron chi connectivity index (χ2n) is 8.38. The molecule has 0 spiro atoms. The lowest BCUT2D eigenvalue weighted by Gasteiger charge is -2.23. The molecule has 4 aromatic carbocycles. The van der Waals surface area contributed by atoms with Crippen molar-refractivity contribution in [1.29, 1.82) is 0 Å². The number of esters is 1. The lowest BCUT2D eigenvalue weighted by atomic mass is 10.0. The minimum absolute atomic E-state index is 0.227. The van der Waals surface area contributed by atoms with Crippen LogP contribution in [-0.4, -0.2) is 29.7 Å². The Balaban J connectivity index is 1.63. The molecule has 4 rings (SSSR count). The van der Waals surface area contributed by atoms with Gasteiger partial charge in [0.05, 0.1) is 17.7 Å². The summed E-state index contributed by atoms with van der Waals surface area (Å²) in [5.74, 6) is -0.797. The van der Waals surface area contributed by atoms with E-state index in [0.717, 1.165) is 16.5 Å². The van der Waals surface area contributed by atoms with Gasteiger partial charge in [0, 0.05) is 28.7 Å². The zero-order valence-corrected chi connectivity index (χ0v) is 22.8. The van der Waals surface area contributed by atoms with Gasteiger partial charge in [-0.3, -0.25) is 13.9 Å². The Morgan fingerprint density at radius 2 is 1.63 bits per heavy atom. The summed E-state index contributed by atoms with van der Waals surface area (Å²) in [4.78, 5) is 25.6. The van der Waals surface area contributed by atoms with E-state index in [1.807, 2.05) is 30.3 Å². The fourth-order valence-electron chi connectivity index (χ4n) is 3.88. The molecule has 196 valence electrons. The molecule has 38 heavy (non-hydrogen) atoms. The van der Waals surface area contributed by atoms with Crippen LogP contribution >= 0.6 is 23.2 Å². The van der Waals surface area contributed by atoms with Crippen molar-refractivity contribution in [3.05, 3.63) is 106 Å². The van der Waals surface area contributed by atoms with Crippen molar-refractivity contribution in [3.8, 4) is 0 Å². The van der Waals surface area contributed by atoms with Gasteiger partial charge in [-0.2, -0.15) is 0 Å². The maximum absolute atomic E-state index is 13.5. The van der Waals surface area contributed by atoms with Crippen LogP contribution in [0.3, 0.4) is 0 Å². The lowest BCUT2D eigenvalue weighted by molar-refractivity contribution is -0.138. The van der Waals surface area contributed by atoms with Crippen LogP contribution in [0, 0.1) is 0 Å². The van der Waals surface area contributed by atoms with E-state index < -0.39 is 17.0 Å². The molecule has 10 heteroatoms. The van der Waals surface area contributed by atoms with Gasteiger partial charge >= 0.3 is 5.97 Å². The molecule has 1 unspecified atom stereocenters. The van der Waals surface area contributed by atoms with Crippen LogP contribution in [0.2, 0.25) is 10.0 Å². The van der Waals surface area contributed by atoms with Gasteiger partial charge in [-0.1, -0.05) is 65.7 Å². The Labute approximate surface area is 233 Å². The zero-order chi connectivity index (χ0) is 27.2. The molecule has 7 nitrogen and oxygen atoms in total. The summed E-state index contributed by atoms with van der Waals surface area (Å²) >= 11 is 12.2. The first kappa shape index (κ1) is 27.6. The number of nitrogens with one attached hydrogen (secondary N) is 1. The van der Waals surface area contributed by atoms with E-state index in [0.29, 0.717) is 44.7 Å². The minimum Gasteiger partial charge on any atom is -0.468 e. The molecule has 0 aromatic heterocycles. The van der Waals surface area contributed by atoms with E-state index in [4.69, 9.17) is 33.7 Å². The monoisotopic (exact) mass is 569 g/mol. The fourth-order valence-corrected chi connectivity index (χ4v) is 5.77. The van der Waals surface area contributed by atoms with Gasteiger partial charge in [-0.05, 0) is 58.3 Å². The number of hydrogen-bond donors (Lipinski definition) is 2. The molecule has 0 aliphatic carbocycles. The molecule has 0 fully saturated rings. The summed E-state index contributed by atoms with van der Waals surface area (Å²) in [5, 5.41) is 5.04. The quantitative estimate of drug-likeness (QED) is 0.268. The van der Waals surface area contributed by atoms with Gasteiger partial charge in [0.25, 0.3) is 5.91 Å². The number of ether oxygens (including phenoxy) is 1. The van der Waals surface area contributed by atoms with Gasteiger partial charge in [0.15, 0.2) is 11.0 Å². The van der Waals surface area contributed by atoms with Crippen molar-refractivity contribution < 1.29 is 18.5 Å². The average molecular weight is 570 g/mol. The molecule has 0 bridgehead atoms. The topological polar surface area (TPSA) is 102 Å². The zero-order valence-electron chi connectivity index (χ0n) is 20.4. The third kappa shape index (κ3) is 6.52. The predicted octanol–water partition coefficient (Wildman–Crippen LogP) is 5.24. The Morgan fingerprint density at radius 1 is 0.947 bits per heavy atom. The van der Waals surface area contributed by atoms with Crippen LogP contribution in [0.4, 0.5) is 5.69 Å². The molecule has 0 heterocycles. The van der Waals surface area contributed by atoms with Gasteiger partial charge < -0.3 is 15.8 Å². The van der Waals surface area contributed by atoms with Crippen molar-refractivity contribution in [1.82, 2.24) is 5.32 Å². The number of rotatable bonds is 9. The summed E-state index contributed by atoms with van der Waals surface area (Å²) < 4.78 is 19.7. The van der Waals surface area contributed by atoms with Gasteiger partial charge in [0.1, 0.15) is 6.54 Å². The third-order valence-corrected chi connectivity index (χ3v) is 7.66. The van der Waals surface area contributed by atoms with Crippen LogP contribution in [0.25, 0.3) is 10.8 Å².